The van der Waals surface area contributed by atoms with Crippen molar-refractivity contribution in [2.75, 3.05) is 5.32 Å². The Morgan fingerprint density at radius 2 is 1.96 bits per heavy atom. The Bertz CT molecular complexity index is 945. The highest BCUT2D eigenvalue weighted by atomic mass is 35.5. The topological polar surface area (TPSA) is 64.7 Å². The van der Waals surface area contributed by atoms with Crippen molar-refractivity contribution in [2.45, 2.75) is 20.4 Å². The van der Waals surface area contributed by atoms with E-state index >= 15 is 0 Å². The number of carbonyl (C=O) groups is 1. The Morgan fingerprint density at radius 1 is 1.20 bits per heavy atom. The van der Waals surface area contributed by atoms with E-state index in [1.165, 1.54) is 0 Å². The van der Waals surface area contributed by atoms with Gasteiger partial charge < -0.3 is 5.32 Å². The third-order valence-corrected chi connectivity index (χ3v) is 4.49. The molecule has 0 aliphatic heterocycles. The van der Waals surface area contributed by atoms with Crippen molar-refractivity contribution in [1.29, 1.82) is 0 Å². The van der Waals surface area contributed by atoms with Crippen LogP contribution in [0.4, 0.5) is 5.69 Å². The SMILES string of the molecule is Cc1nn(Cc2ccc(Cl)cc2Cl)c(C)c1NC(=O)c1ccn(C)n1. The van der Waals surface area contributed by atoms with Gasteiger partial charge in [-0.1, -0.05) is 29.3 Å². The summed E-state index contributed by atoms with van der Waals surface area (Å²) in [6.07, 6.45) is 1.72. The first-order valence-electron chi connectivity index (χ1n) is 7.64. The highest BCUT2D eigenvalue weighted by molar-refractivity contribution is 6.35. The first-order chi connectivity index (χ1) is 11.8. The third kappa shape index (κ3) is 3.70. The molecule has 0 saturated heterocycles. The van der Waals surface area contributed by atoms with E-state index in [2.05, 4.69) is 15.5 Å². The zero-order valence-electron chi connectivity index (χ0n) is 14.0. The number of amides is 1. The van der Waals surface area contributed by atoms with Crippen molar-refractivity contribution in [1.82, 2.24) is 19.6 Å². The maximum atomic E-state index is 12.3. The van der Waals surface area contributed by atoms with Crippen molar-refractivity contribution in [2.24, 2.45) is 7.05 Å². The fraction of sp³-hybridized carbons (Fsp3) is 0.235. The van der Waals surface area contributed by atoms with Crippen LogP contribution in [0, 0.1) is 13.8 Å². The van der Waals surface area contributed by atoms with Gasteiger partial charge in [-0.3, -0.25) is 14.2 Å². The van der Waals surface area contributed by atoms with Gasteiger partial charge in [0.2, 0.25) is 0 Å². The number of benzene rings is 1. The van der Waals surface area contributed by atoms with Crippen molar-refractivity contribution < 1.29 is 4.79 Å². The molecule has 2 heterocycles. The van der Waals surface area contributed by atoms with E-state index in [1.807, 2.05) is 19.9 Å². The number of nitrogens with one attached hydrogen (secondary N) is 1. The van der Waals surface area contributed by atoms with Crippen LogP contribution in [0.5, 0.6) is 0 Å². The summed E-state index contributed by atoms with van der Waals surface area (Å²) in [5.74, 6) is -0.268. The number of halogens is 2. The molecular weight excluding hydrogens is 361 g/mol. The molecule has 0 aliphatic rings. The number of carbonyl (C=O) groups excluding carboxylic acids is 1. The first-order valence-corrected chi connectivity index (χ1v) is 8.39. The Hall–Kier alpha value is -2.31. The van der Waals surface area contributed by atoms with Gasteiger partial charge in [0.1, 0.15) is 0 Å². The third-order valence-electron chi connectivity index (χ3n) is 3.90. The lowest BCUT2D eigenvalue weighted by Gasteiger charge is -2.08. The summed E-state index contributed by atoms with van der Waals surface area (Å²) < 4.78 is 3.39. The highest BCUT2D eigenvalue weighted by Crippen LogP contribution is 2.25. The normalized spacial score (nSPS) is 10.9. The molecule has 1 N–H and O–H groups in total. The second-order valence-electron chi connectivity index (χ2n) is 5.77. The molecule has 0 atom stereocenters. The van der Waals surface area contributed by atoms with E-state index in [0.717, 1.165) is 17.0 Å². The van der Waals surface area contributed by atoms with E-state index in [9.17, 15) is 4.79 Å². The van der Waals surface area contributed by atoms with Crippen LogP contribution in [-0.4, -0.2) is 25.5 Å². The van der Waals surface area contributed by atoms with Crippen LogP contribution in [-0.2, 0) is 13.6 Å². The first kappa shape index (κ1) is 17.5. The van der Waals surface area contributed by atoms with Gasteiger partial charge in [-0.05, 0) is 37.6 Å². The Labute approximate surface area is 155 Å². The van der Waals surface area contributed by atoms with E-state index in [0.29, 0.717) is 28.0 Å². The van der Waals surface area contributed by atoms with E-state index < -0.39 is 0 Å². The highest BCUT2D eigenvalue weighted by Gasteiger charge is 2.17. The summed E-state index contributed by atoms with van der Waals surface area (Å²) in [7, 11) is 1.77. The molecule has 0 radical (unpaired) electrons. The van der Waals surface area contributed by atoms with Gasteiger partial charge in [-0.2, -0.15) is 10.2 Å². The lowest BCUT2D eigenvalue weighted by molar-refractivity contribution is 0.102. The van der Waals surface area contributed by atoms with Crippen molar-refractivity contribution in [3.63, 3.8) is 0 Å². The summed E-state index contributed by atoms with van der Waals surface area (Å²) in [6, 6.07) is 7.03. The molecule has 8 heteroatoms. The van der Waals surface area contributed by atoms with Crippen molar-refractivity contribution in [3.8, 4) is 0 Å². The molecule has 6 nitrogen and oxygen atoms in total. The predicted molar refractivity (Wildman–Crippen MR) is 98.4 cm³/mol. The minimum absolute atomic E-state index is 0.268. The van der Waals surface area contributed by atoms with Crippen LogP contribution in [0.3, 0.4) is 0 Å². The fourth-order valence-corrected chi connectivity index (χ4v) is 3.03. The summed E-state index contributed by atoms with van der Waals surface area (Å²) >= 11 is 12.2. The molecule has 2 aromatic heterocycles. The average Bonchev–Trinajstić information content (AvgIpc) is 3.09. The lowest BCUT2D eigenvalue weighted by atomic mass is 10.2. The van der Waals surface area contributed by atoms with E-state index in [4.69, 9.17) is 23.2 Å². The molecule has 1 amide bonds. The van der Waals surface area contributed by atoms with E-state index in [-0.39, 0.29) is 5.91 Å². The standard InChI is InChI=1S/C17H17Cl2N5O/c1-10-16(20-17(25)15-6-7-23(3)22-15)11(2)24(21-10)9-12-4-5-13(18)8-14(12)19/h4-8H,9H2,1-3H3,(H,20,25). The molecule has 1 aromatic carbocycles. The Morgan fingerprint density at radius 3 is 2.60 bits per heavy atom. The summed E-state index contributed by atoms with van der Waals surface area (Å²) in [5, 5.41) is 12.7. The van der Waals surface area contributed by atoms with Gasteiger partial charge in [0, 0.05) is 23.3 Å². The monoisotopic (exact) mass is 377 g/mol. The molecule has 3 rings (SSSR count). The van der Waals surface area contributed by atoms with Gasteiger partial charge in [0.15, 0.2) is 5.69 Å². The van der Waals surface area contributed by atoms with Crippen LogP contribution in [0.15, 0.2) is 30.5 Å². The van der Waals surface area contributed by atoms with Gasteiger partial charge in [0.25, 0.3) is 5.91 Å². The molecule has 0 saturated carbocycles. The quantitative estimate of drug-likeness (QED) is 0.750. The van der Waals surface area contributed by atoms with Crippen LogP contribution in [0.2, 0.25) is 10.0 Å². The van der Waals surface area contributed by atoms with Gasteiger partial charge in [-0.15, -0.1) is 0 Å². The second-order valence-corrected chi connectivity index (χ2v) is 6.61. The average molecular weight is 378 g/mol. The summed E-state index contributed by atoms with van der Waals surface area (Å²) in [6.45, 7) is 4.24. The van der Waals surface area contributed by atoms with Crippen molar-refractivity contribution in [3.05, 3.63) is 63.2 Å². The summed E-state index contributed by atoms with van der Waals surface area (Å²) in [4.78, 5) is 12.3. The Kier molecular flexibility index (Phi) is 4.83. The molecule has 0 fully saturated rings. The number of rotatable bonds is 4. The molecular formula is C17H17Cl2N5O. The number of aryl methyl sites for hydroxylation is 2. The van der Waals surface area contributed by atoms with Crippen molar-refractivity contribution >= 4 is 34.8 Å². The van der Waals surface area contributed by atoms with Crippen LogP contribution in [0.1, 0.15) is 27.4 Å². The molecule has 0 spiro atoms. The smallest absolute Gasteiger partial charge is 0.276 e. The predicted octanol–water partition coefficient (Wildman–Crippen LogP) is 3.84. The van der Waals surface area contributed by atoms with Crippen LogP contribution in [0.25, 0.3) is 0 Å². The minimum Gasteiger partial charge on any atom is -0.317 e. The molecule has 0 aliphatic carbocycles. The molecule has 0 bridgehead atoms. The summed E-state index contributed by atoms with van der Waals surface area (Å²) in [5.41, 5.74) is 3.51. The number of anilines is 1. The Balaban J connectivity index is 1.84. The number of nitrogens with zero attached hydrogens (tertiary/aromatic N) is 4. The fourth-order valence-electron chi connectivity index (χ4n) is 2.56. The molecule has 3 aromatic rings. The zero-order chi connectivity index (χ0) is 18.1. The zero-order valence-corrected chi connectivity index (χ0v) is 15.6. The largest absolute Gasteiger partial charge is 0.317 e. The maximum Gasteiger partial charge on any atom is 0.276 e. The van der Waals surface area contributed by atoms with E-state index in [1.54, 1.807) is 40.8 Å². The van der Waals surface area contributed by atoms with Crippen LogP contribution < -0.4 is 5.32 Å². The molecule has 25 heavy (non-hydrogen) atoms. The molecule has 0 unspecified atom stereocenters. The second kappa shape index (κ2) is 6.90. The van der Waals surface area contributed by atoms with Crippen LogP contribution >= 0.6 is 23.2 Å². The van der Waals surface area contributed by atoms with Gasteiger partial charge in [0.05, 0.1) is 23.6 Å². The number of aromatic nitrogens is 4. The number of hydrogen-bond acceptors (Lipinski definition) is 3. The lowest BCUT2D eigenvalue weighted by Crippen LogP contribution is -2.14. The minimum atomic E-state index is -0.268. The molecule has 130 valence electrons. The van der Waals surface area contributed by atoms with Gasteiger partial charge in [-0.25, -0.2) is 0 Å². The maximum absolute atomic E-state index is 12.3. The van der Waals surface area contributed by atoms with Gasteiger partial charge >= 0.3 is 0 Å². The number of hydrogen-bond donors (Lipinski definition) is 1.